The summed E-state index contributed by atoms with van der Waals surface area (Å²) >= 11 is 3.47. The van der Waals surface area contributed by atoms with E-state index in [1.807, 2.05) is 6.07 Å². The van der Waals surface area contributed by atoms with Crippen LogP contribution in [0.2, 0.25) is 0 Å². The van der Waals surface area contributed by atoms with Gasteiger partial charge in [0, 0.05) is 19.6 Å². The van der Waals surface area contributed by atoms with E-state index in [1.165, 1.54) is 24.2 Å². The van der Waals surface area contributed by atoms with Crippen molar-refractivity contribution >= 4 is 21.6 Å². The van der Waals surface area contributed by atoms with E-state index in [2.05, 4.69) is 57.8 Å². The second kappa shape index (κ2) is 6.02. The van der Waals surface area contributed by atoms with E-state index < -0.39 is 0 Å². The van der Waals surface area contributed by atoms with E-state index in [1.54, 1.807) is 0 Å². The number of rotatable bonds is 3. The van der Waals surface area contributed by atoms with E-state index >= 15 is 0 Å². The minimum absolute atomic E-state index is 0.863. The molecule has 4 heteroatoms. The SMILES string of the molecule is CC1CCN(c2ccc(Br)nc2CN(C)C)CC1. The summed E-state index contributed by atoms with van der Waals surface area (Å²) in [5, 5.41) is 0. The minimum atomic E-state index is 0.863. The Labute approximate surface area is 118 Å². The molecule has 0 bridgehead atoms. The first-order valence-electron chi connectivity index (χ1n) is 6.61. The van der Waals surface area contributed by atoms with Gasteiger partial charge in [-0.2, -0.15) is 0 Å². The van der Waals surface area contributed by atoms with E-state index in [0.29, 0.717) is 0 Å². The highest BCUT2D eigenvalue weighted by molar-refractivity contribution is 9.10. The smallest absolute Gasteiger partial charge is 0.106 e. The molecule has 0 saturated carbocycles. The van der Waals surface area contributed by atoms with Gasteiger partial charge in [0.25, 0.3) is 0 Å². The summed E-state index contributed by atoms with van der Waals surface area (Å²) in [6.07, 6.45) is 2.58. The fourth-order valence-electron chi connectivity index (χ4n) is 2.42. The van der Waals surface area contributed by atoms with Crippen LogP contribution in [0.15, 0.2) is 16.7 Å². The molecule has 0 aromatic carbocycles. The van der Waals surface area contributed by atoms with Crippen LogP contribution in [0.5, 0.6) is 0 Å². The number of piperidine rings is 1. The highest BCUT2D eigenvalue weighted by Gasteiger charge is 2.19. The van der Waals surface area contributed by atoms with Crippen molar-refractivity contribution in [3.8, 4) is 0 Å². The molecule has 3 nitrogen and oxygen atoms in total. The largest absolute Gasteiger partial charge is 0.370 e. The van der Waals surface area contributed by atoms with Crippen LogP contribution in [-0.4, -0.2) is 37.1 Å². The Bertz CT molecular complexity index is 398. The van der Waals surface area contributed by atoms with Crippen molar-refractivity contribution in [3.63, 3.8) is 0 Å². The van der Waals surface area contributed by atoms with Gasteiger partial charge in [-0.05, 0) is 60.9 Å². The lowest BCUT2D eigenvalue weighted by Gasteiger charge is -2.33. The third-order valence-corrected chi connectivity index (χ3v) is 3.95. The number of anilines is 1. The van der Waals surface area contributed by atoms with Gasteiger partial charge in [0.05, 0.1) is 11.4 Å². The van der Waals surface area contributed by atoms with Crippen molar-refractivity contribution in [1.82, 2.24) is 9.88 Å². The number of halogens is 1. The molecule has 2 heterocycles. The Morgan fingerprint density at radius 2 is 2.00 bits per heavy atom. The number of aromatic nitrogens is 1. The summed E-state index contributed by atoms with van der Waals surface area (Å²) < 4.78 is 0.925. The summed E-state index contributed by atoms with van der Waals surface area (Å²) in [5.74, 6) is 0.863. The zero-order valence-corrected chi connectivity index (χ0v) is 13.1. The molecule has 0 aliphatic carbocycles. The second-order valence-electron chi connectivity index (χ2n) is 5.51. The normalized spacial score (nSPS) is 17.5. The van der Waals surface area contributed by atoms with Gasteiger partial charge in [-0.1, -0.05) is 6.92 Å². The van der Waals surface area contributed by atoms with Gasteiger partial charge in [-0.15, -0.1) is 0 Å². The number of hydrogen-bond acceptors (Lipinski definition) is 3. The van der Waals surface area contributed by atoms with Crippen LogP contribution < -0.4 is 4.90 Å². The number of pyridine rings is 1. The molecule has 1 aliphatic rings. The van der Waals surface area contributed by atoms with Crippen molar-refractivity contribution < 1.29 is 0 Å². The lowest BCUT2D eigenvalue weighted by Crippen LogP contribution is -2.34. The third kappa shape index (κ3) is 3.45. The quantitative estimate of drug-likeness (QED) is 0.799. The van der Waals surface area contributed by atoms with Crippen molar-refractivity contribution in [1.29, 1.82) is 0 Å². The van der Waals surface area contributed by atoms with Crippen molar-refractivity contribution in [2.24, 2.45) is 5.92 Å². The highest BCUT2D eigenvalue weighted by Crippen LogP contribution is 2.27. The molecule has 100 valence electrons. The first-order chi connectivity index (χ1) is 8.56. The van der Waals surface area contributed by atoms with Crippen molar-refractivity contribution in [3.05, 3.63) is 22.4 Å². The van der Waals surface area contributed by atoms with E-state index in [4.69, 9.17) is 0 Å². The predicted octanol–water partition coefficient (Wildman–Crippen LogP) is 3.14. The van der Waals surface area contributed by atoms with Gasteiger partial charge in [0.15, 0.2) is 0 Å². The molecular formula is C14H22BrN3. The standard InChI is InChI=1S/C14H22BrN3/c1-11-6-8-18(9-7-11)13-4-5-14(15)16-12(13)10-17(2)3/h4-5,11H,6-10H2,1-3H3. The molecule has 0 spiro atoms. The topological polar surface area (TPSA) is 19.4 Å². The van der Waals surface area contributed by atoms with Gasteiger partial charge < -0.3 is 9.80 Å². The Balaban J connectivity index is 2.20. The van der Waals surface area contributed by atoms with Gasteiger partial charge in [0.2, 0.25) is 0 Å². The van der Waals surface area contributed by atoms with Crippen LogP contribution in [0.25, 0.3) is 0 Å². The molecule has 0 N–H and O–H groups in total. The summed E-state index contributed by atoms with van der Waals surface area (Å²) in [6, 6.07) is 4.25. The fraction of sp³-hybridized carbons (Fsp3) is 0.643. The van der Waals surface area contributed by atoms with Gasteiger partial charge in [-0.3, -0.25) is 0 Å². The Morgan fingerprint density at radius 1 is 1.33 bits per heavy atom. The maximum atomic E-state index is 4.64. The fourth-order valence-corrected chi connectivity index (χ4v) is 2.77. The maximum absolute atomic E-state index is 4.64. The lowest BCUT2D eigenvalue weighted by atomic mass is 9.98. The third-order valence-electron chi connectivity index (χ3n) is 3.51. The molecule has 18 heavy (non-hydrogen) atoms. The molecule has 0 unspecified atom stereocenters. The molecule has 1 saturated heterocycles. The molecule has 0 amide bonds. The number of hydrogen-bond donors (Lipinski definition) is 0. The zero-order valence-electron chi connectivity index (χ0n) is 11.5. The summed E-state index contributed by atoms with van der Waals surface area (Å²) in [7, 11) is 4.18. The molecule has 1 aromatic rings. The molecule has 1 fully saturated rings. The summed E-state index contributed by atoms with van der Waals surface area (Å²) in [5.41, 5.74) is 2.47. The second-order valence-corrected chi connectivity index (χ2v) is 6.32. The monoisotopic (exact) mass is 311 g/mol. The predicted molar refractivity (Wildman–Crippen MR) is 79.9 cm³/mol. The van der Waals surface area contributed by atoms with Gasteiger partial charge in [0.1, 0.15) is 4.60 Å². The van der Waals surface area contributed by atoms with E-state index in [-0.39, 0.29) is 0 Å². The molecule has 1 aliphatic heterocycles. The molecule has 0 atom stereocenters. The van der Waals surface area contributed by atoms with Gasteiger partial charge in [-0.25, -0.2) is 4.98 Å². The molecule has 0 radical (unpaired) electrons. The maximum Gasteiger partial charge on any atom is 0.106 e. The van der Waals surface area contributed by atoms with Crippen LogP contribution in [0.3, 0.4) is 0 Å². The average Bonchev–Trinajstić information content (AvgIpc) is 2.30. The van der Waals surface area contributed by atoms with Crippen LogP contribution in [0.4, 0.5) is 5.69 Å². The zero-order chi connectivity index (χ0) is 13.1. The molecule has 1 aromatic heterocycles. The van der Waals surface area contributed by atoms with Crippen molar-refractivity contribution in [2.45, 2.75) is 26.3 Å². The average molecular weight is 312 g/mol. The Morgan fingerprint density at radius 3 is 2.61 bits per heavy atom. The number of nitrogens with zero attached hydrogens (tertiary/aromatic N) is 3. The van der Waals surface area contributed by atoms with Crippen LogP contribution in [0.1, 0.15) is 25.5 Å². The Hall–Kier alpha value is -0.610. The van der Waals surface area contributed by atoms with Crippen LogP contribution in [-0.2, 0) is 6.54 Å². The first kappa shape index (κ1) is 13.8. The Kier molecular flexibility index (Phi) is 4.62. The van der Waals surface area contributed by atoms with Crippen LogP contribution in [0, 0.1) is 5.92 Å². The minimum Gasteiger partial charge on any atom is -0.370 e. The van der Waals surface area contributed by atoms with Crippen LogP contribution >= 0.6 is 15.9 Å². The van der Waals surface area contributed by atoms with E-state index in [9.17, 15) is 0 Å². The summed E-state index contributed by atoms with van der Waals surface area (Å²) in [4.78, 5) is 9.30. The van der Waals surface area contributed by atoms with Crippen molar-refractivity contribution in [2.75, 3.05) is 32.1 Å². The van der Waals surface area contributed by atoms with Gasteiger partial charge >= 0.3 is 0 Å². The highest BCUT2D eigenvalue weighted by atomic mass is 79.9. The lowest BCUT2D eigenvalue weighted by molar-refractivity contribution is 0.393. The van der Waals surface area contributed by atoms with E-state index in [0.717, 1.165) is 30.2 Å². The first-order valence-corrected chi connectivity index (χ1v) is 7.40. The summed E-state index contributed by atoms with van der Waals surface area (Å²) in [6.45, 7) is 5.55. The molecule has 2 rings (SSSR count). The molecular weight excluding hydrogens is 290 g/mol.